The van der Waals surface area contributed by atoms with Crippen LogP contribution in [0.15, 0.2) is 48.5 Å². The molecule has 0 spiro atoms. The lowest BCUT2D eigenvalue weighted by molar-refractivity contribution is -0.151. The molecule has 28 heavy (non-hydrogen) atoms. The van der Waals surface area contributed by atoms with Crippen molar-refractivity contribution in [3.63, 3.8) is 0 Å². The van der Waals surface area contributed by atoms with Gasteiger partial charge in [-0.25, -0.2) is 0 Å². The maximum atomic E-state index is 12.3. The number of aryl methyl sites for hydroxylation is 1. The first-order valence-corrected chi connectivity index (χ1v) is 8.94. The van der Waals surface area contributed by atoms with Crippen molar-refractivity contribution in [3.8, 4) is 5.75 Å². The zero-order valence-corrected chi connectivity index (χ0v) is 15.8. The minimum atomic E-state index is -0.591. The van der Waals surface area contributed by atoms with Gasteiger partial charge < -0.3 is 19.7 Å². The van der Waals surface area contributed by atoms with Crippen molar-refractivity contribution in [3.05, 3.63) is 54.1 Å². The van der Waals surface area contributed by atoms with E-state index < -0.39 is 24.4 Å². The summed E-state index contributed by atoms with van der Waals surface area (Å²) in [6.45, 7) is 1.76. The summed E-state index contributed by atoms with van der Waals surface area (Å²) in [4.78, 5) is 38.2. The summed E-state index contributed by atoms with van der Waals surface area (Å²) in [5, 5.41) is 2.64. The van der Waals surface area contributed by atoms with Crippen LogP contribution in [-0.4, -0.2) is 38.0 Å². The van der Waals surface area contributed by atoms with Crippen molar-refractivity contribution in [2.24, 2.45) is 5.92 Å². The van der Waals surface area contributed by atoms with Crippen LogP contribution < -0.4 is 15.0 Å². The first-order valence-electron chi connectivity index (χ1n) is 8.94. The van der Waals surface area contributed by atoms with Crippen LogP contribution in [0.5, 0.6) is 5.75 Å². The van der Waals surface area contributed by atoms with Crippen LogP contribution in [0.2, 0.25) is 0 Å². The summed E-state index contributed by atoms with van der Waals surface area (Å²) in [6, 6.07) is 14.5. The molecule has 1 aliphatic rings. The number of ether oxygens (including phenoxy) is 2. The molecule has 1 saturated heterocycles. The van der Waals surface area contributed by atoms with Gasteiger partial charge in [0.25, 0.3) is 5.91 Å². The predicted octanol–water partition coefficient (Wildman–Crippen LogP) is 2.54. The highest BCUT2D eigenvalue weighted by Gasteiger charge is 2.36. The van der Waals surface area contributed by atoms with Crippen LogP contribution in [0.4, 0.5) is 11.4 Å². The molecular formula is C21H22N2O5. The zero-order chi connectivity index (χ0) is 20.1. The lowest BCUT2D eigenvalue weighted by Gasteiger charge is -2.17. The number of para-hydroxylation sites is 2. The van der Waals surface area contributed by atoms with E-state index in [1.165, 1.54) is 7.11 Å². The SMILES string of the molecule is COc1ccccc1NC(=O)COC(=O)[C@@H]1CC(=O)N(c2cccc(C)c2)C1. The molecule has 2 aromatic carbocycles. The van der Waals surface area contributed by atoms with Crippen molar-refractivity contribution in [1.82, 2.24) is 0 Å². The Morgan fingerprint density at radius 1 is 1.18 bits per heavy atom. The Morgan fingerprint density at radius 3 is 2.71 bits per heavy atom. The van der Waals surface area contributed by atoms with Gasteiger partial charge in [0.2, 0.25) is 5.91 Å². The summed E-state index contributed by atoms with van der Waals surface area (Å²) < 4.78 is 10.3. The Balaban J connectivity index is 1.54. The third-order valence-electron chi connectivity index (χ3n) is 4.50. The van der Waals surface area contributed by atoms with Crippen LogP contribution >= 0.6 is 0 Å². The van der Waals surface area contributed by atoms with E-state index in [0.717, 1.165) is 11.3 Å². The Hall–Kier alpha value is -3.35. The standard InChI is InChI=1S/C21H22N2O5/c1-14-6-5-7-16(10-14)23-12-15(11-20(23)25)21(26)28-13-19(24)22-17-8-3-4-9-18(17)27-2/h3-10,15H,11-13H2,1-2H3,(H,22,24)/t15-/m1/s1. The molecular weight excluding hydrogens is 360 g/mol. The minimum Gasteiger partial charge on any atom is -0.495 e. The fraction of sp³-hybridized carbons (Fsp3) is 0.286. The van der Waals surface area contributed by atoms with Crippen LogP contribution in [-0.2, 0) is 19.1 Å². The van der Waals surface area contributed by atoms with Crippen molar-refractivity contribution in [1.29, 1.82) is 0 Å². The lowest BCUT2D eigenvalue weighted by Crippen LogP contribution is -2.28. The van der Waals surface area contributed by atoms with E-state index in [4.69, 9.17) is 9.47 Å². The number of nitrogens with zero attached hydrogens (tertiary/aromatic N) is 1. The number of nitrogens with one attached hydrogen (secondary N) is 1. The Labute approximate surface area is 163 Å². The molecule has 0 unspecified atom stereocenters. The summed E-state index contributed by atoms with van der Waals surface area (Å²) in [6.07, 6.45) is 0.0703. The summed E-state index contributed by atoms with van der Waals surface area (Å²) in [7, 11) is 1.50. The minimum absolute atomic E-state index is 0.0703. The number of amides is 2. The molecule has 1 N–H and O–H groups in total. The number of benzene rings is 2. The van der Waals surface area contributed by atoms with E-state index in [2.05, 4.69) is 5.32 Å². The van der Waals surface area contributed by atoms with Gasteiger partial charge in [0.1, 0.15) is 5.75 Å². The predicted molar refractivity (Wildman–Crippen MR) is 104 cm³/mol. The first-order chi connectivity index (χ1) is 13.5. The fourth-order valence-corrected chi connectivity index (χ4v) is 3.10. The first kappa shape index (κ1) is 19.4. The van der Waals surface area contributed by atoms with Gasteiger partial charge in [-0.05, 0) is 36.8 Å². The molecule has 7 nitrogen and oxygen atoms in total. The van der Waals surface area contributed by atoms with Crippen LogP contribution in [0.25, 0.3) is 0 Å². The van der Waals surface area contributed by atoms with Gasteiger partial charge in [-0.1, -0.05) is 24.3 Å². The largest absolute Gasteiger partial charge is 0.495 e. The fourth-order valence-electron chi connectivity index (χ4n) is 3.10. The van der Waals surface area contributed by atoms with E-state index in [1.807, 2.05) is 31.2 Å². The maximum Gasteiger partial charge on any atom is 0.311 e. The molecule has 0 bridgehead atoms. The summed E-state index contributed by atoms with van der Waals surface area (Å²) >= 11 is 0. The molecule has 1 aliphatic heterocycles. The van der Waals surface area contributed by atoms with Crippen LogP contribution in [0.1, 0.15) is 12.0 Å². The zero-order valence-electron chi connectivity index (χ0n) is 15.8. The molecule has 1 fully saturated rings. The second kappa shape index (κ2) is 8.56. The highest BCUT2D eigenvalue weighted by atomic mass is 16.5. The average molecular weight is 382 g/mol. The van der Waals surface area contributed by atoms with Gasteiger partial charge in [0.05, 0.1) is 18.7 Å². The Morgan fingerprint density at radius 2 is 1.96 bits per heavy atom. The molecule has 0 saturated carbocycles. The third kappa shape index (κ3) is 4.49. The normalized spacial score (nSPS) is 16.0. The molecule has 1 atom stereocenters. The second-order valence-electron chi connectivity index (χ2n) is 6.60. The Kier molecular flexibility index (Phi) is 5.93. The smallest absolute Gasteiger partial charge is 0.311 e. The highest BCUT2D eigenvalue weighted by molar-refractivity contribution is 6.00. The molecule has 7 heteroatoms. The molecule has 0 radical (unpaired) electrons. The number of rotatable bonds is 6. The molecule has 1 heterocycles. The average Bonchev–Trinajstić information content (AvgIpc) is 3.08. The monoisotopic (exact) mass is 382 g/mol. The number of carbonyl (C=O) groups is 3. The van der Waals surface area contributed by atoms with E-state index in [-0.39, 0.29) is 18.9 Å². The van der Waals surface area contributed by atoms with E-state index in [1.54, 1.807) is 29.2 Å². The molecule has 0 aliphatic carbocycles. The van der Waals surface area contributed by atoms with E-state index in [9.17, 15) is 14.4 Å². The number of carbonyl (C=O) groups excluding carboxylic acids is 3. The van der Waals surface area contributed by atoms with Crippen LogP contribution in [0.3, 0.4) is 0 Å². The number of hydrogen-bond donors (Lipinski definition) is 1. The van der Waals surface area contributed by atoms with Crippen molar-refractivity contribution >= 4 is 29.2 Å². The van der Waals surface area contributed by atoms with Gasteiger partial charge in [-0.3, -0.25) is 14.4 Å². The van der Waals surface area contributed by atoms with Gasteiger partial charge in [-0.2, -0.15) is 0 Å². The van der Waals surface area contributed by atoms with Crippen LogP contribution in [0, 0.1) is 12.8 Å². The molecule has 0 aromatic heterocycles. The number of anilines is 2. The van der Waals surface area contributed by atoms with Crippen molar-refractivity contribution in [2.45, 2.75) is 13.3 Å². The molecule has 3 rings (SSSR count). The number of esters is 1. The summed E-state index contributed by atoms with van der Waals surface area (Å²) in [5.74, 6) is -1.24. The molecule has 146 valence electrons. The highest BCUT2D eigenvalue weighted by Crippen LogP contribution is 2.26. The maximum absolute atomic E-state index is 12.3. The Bertz CT molecular complexity index is 896. The second-order valence-corrected chi connectivity index (χ2v) is 6.60. The van der Waals surface area contributed by atoms with Gasteiger partial charge >= 0.3 is 5.97 Å². The summed E-state index contributed by atoms with van der Waals surface area (Å²) in [5.41, 5.74) is 2.28. The van der Waals surface area contributed by atoms with Gasteiger partial charge in [-0.15, -0.1) is 0 Å². The quantitative estimate of drug-likeness (QED) is 0.776. The van der Waals surface area contributed by atoms with E-state index in [0.29, 0.717) is 11.4 Å². The van der Waals surface area contributed by atoms with Crippen molar-refractivity contribution in [2.75, 3.05) is 30.5 Å². The van der Waals surface area contributed by atoms with Crippen molar-refractivity contribution < 1.29 is 23.9 Å². The van der Waals surface area contributed by atoms with Gasteiger partial charge in [0.15, 0.2) is 6.61 Å². The lowest BCUT2D eigenvalue weighted by atomic mass is 10.1. The topological polar surface area (TPSA) is 84.9 Å². The molecule has 2 aromatic rings. The molecule has 2 amide bonds. The number of methoxy groups -OCH3 is 1. The van der Waals surface area contributed by atoms with Gasteiger partial charge in [0, 0.05) is 18.7 Å². The third-order valence-corrected chi connectivity index (χ3v) is 4.50. The van der Waals surface area contributed by atoms with E-state index >= 15 is 0 Å². The number of hydrogen-bond acceptors (Lipinski definition) is 5.